The van der Waals surface area contributed by atoms with Gasteiger partial charge in [0, 0.05) is 0 Å². The quantitative estimate of drug-likeness (QED) is 0.741. The average molecular weight is 200 g/mol. The molecular weight excluding hydrogens is 180 g/mol. The summed E-state index contributed by atoms with van der Waals surface area (Å²) >= 11 is 0. The van der Waals surface area contributed by atoms with Crippen molar-refractivity contribution in [3.05, 3.63) is 0 Å². The van der Waals surface area contributed by atoms with E-state index in [0.717, 1.165) is 0 Å². The highest BCUT2D eigenvalue weighted by Gasteiger charge is 2.19. The normalized spacial score (nSPS) is 20.6. The predicted octanol–water partition coefficient (Wildman–Crippen LogP) is 2.45. The van der Waals surface area contributed by atoms with Gasteiger partial charge >= 0.3 is 5.97 Å². The van der Waals surface area contributed by atoms with Crippen LogP contribution in [-0.4, -0.2) is 23.8 Å². The van der Waals surface area contributed by atoms with Crippen LogP contribution in [-0.2, 0) is 9.53 Å². The van der Waals surface area contributed by atoms with Crippen molar-refractivity contribution in [3.8, 4) is 0 Å². The maximum Gasteiger partial charge on any atom is 0.332 e. The van der Waals surface area contributed by atoms with Gasteiger partial charge < -0.3 is 9.84 Å². The van der Waals surface area contributed by atoms with Crippen molar-refractivity contribution in [3.63, 3.8) is 0 Å². The molecule has 0 spiro atoms. The maximum atomic E-state index is 10.7. The molecule has 0 aliphatic heterocycles. The van der Waals surface area contributed by atoms with Crippen LogP contribution in [0.15, 0.2) is 0 Å². The molecule has 3 heteroatoms. The van der Waals surface area contributed by atoms with E-state index in [-0.39, 0.29) is 0 Å². The van der Waals surface area contributed by atoms with Gasteiger partial charge in [-0.3, -0.25) is 0 Å². The van der Waals surface area contributed by atoms with E-state index in [1.165, 1.54) is 32.1 Å². The molecule has 0 heterocycles. The summed E-state index contributed by atoms with van der Waals surface area (Å²) in [6, 6.07) is 0. The molecule has 3 nitrogen and oxygen atoms in total. The van der Waals surface area contributed by atoms with Crippen LogP contribution in [0.1, 0.15) is 45.4 Å². The molecule has 0 bridgehead atoms. The second-order valence-electron chi connectivity index (χ2n) is 4.07. The van der Waals surface area contributed by atoms with Crippen LogP contribution >= 0.6 is 0 Å². The third-order valence-electron chi connectivity index (χ3n) is 2.90. The summed E-state index contributed by atoms with van der Waals surface area (Å²) in [6.45, 7) is 2.48. The first-order valence-corrected chi connectivity index (χ1v) is 5.58. The molecule has 82 valence electrons. The average Bonchev–Trinajstić information content (AvgIpc) is 2.20. The van der Waals surface area contributed by atoms with Gasteiger partial charge in [0.2, 0.25) is 0 Å². The van der Waals surface area contributed by atoms with Gasteiger partial charge in [-0.05, 0) is 25.2 Å². The lowest BCUT2D eigenvalue weighted by Gasteiger charge is -2.22. The summed E-state index contributed by atoms with van der Waals surface area (Å²) in [5, 5.41) is 8.78. The molecule has 0 saturated heterocycles. The van der Waals surface area contributed by atoms with Gasteiger partial charge in [0.25, 0.3) is 0 Å². The number of ether oxygens (including phenoxy) is 1. The summed E-state index contributed by atoms with van der Waals surface area (Å²) in [5.74, 6) is -0.236. The van der Waals surface area contributed by atoms with Crippen molar-refractivity contribution < 1.29 is 14.6 Å². The Bertz CT molecular complexity index is 173. The highest BCUT2D eigenvalue weighted by atomic mass is 16.5. The van der Waals surface area contributed by atoms with Crippen molar-refractivity contribution in [1.82, 2.24) is 0 Å². The Labute approximate surface area is 85.5 Å². The summed E-state index contributed by atoms with van der Waals surface area (Å²) in [4.78, 5) is 10.7. The first kappa shape index (κ1) is 11.5. The molecule has 0 radical (unpaired) electrons. The highest BCUT2D eigenvalue weighted by Crippen LogP contribution is 2.24. The molecule has 14 heavy (non-hydrogen) atoms. The van der Waals surface area contributed by atoms with Gasteiger partial charge in [0.1, 0.15) is 0 Å². The van der Waals surface area contributed by atoms with Gasteiger partial charge in [-0.2, -0.15) is 0 Å². The van der Waals surface area contributed by atoms with Gasteiger partial charge in [-0.25, -0.2) is 4.79 Å². The fraction of sp³-hybridized carbons (Fsp3) is 0.909. The minimum absolute atomic E-state index is 0.558. The summed E-state index contributed by atoms with van der Waals surface area (Å²) in [7, 11) is 0. The molecule has 1 rings (SSSR count). The van der Waals surface area contributed by atoms with Crippen molar-refractivity contribution in [2.24, 2.45) is 5.92 Å². The first-order valence-electron chi connectivity index (χ1n) is 5.58. The lowest BCUT2D eigenvalue weighted by molar-refractivity contribution is -0.151. The smallest absolute Gasteiger partial charge is 0.332 e. The Hall–Kier alpha value is -0.570. The van der Waals surface area contributed by atoms with Crippen LogP contribution in [0.4, 0.5) is 0 Å². The van der Waals surface area contributed by atoms with Crippen molar-refractivity contribution >= 4 is 5.97 Å². The molecule has 1 unspecified atom stereocenters. The van der Waals surface area contributed by atoms with Crippen LogP contribution in [0.5, 0.6) is 0 Å². The van der Waals surface area contributed by atoms with Crippen molar-refractivity contribution in [1.29, 1.82) is 0 Å². The number of hydrogen-bond acceptors (Lipinski definition) is 2. The van der Waals surface area contributed by atoms with E-state index in [9.17, 15) is 4.79 Å². The number of carboxylic acid groups (broad SMARTS) is 1. The molecule has 0 amide bonds. The molecule has 1 atom stereocenters. The van der Waals surface area contributed by atoms with Crippen LogP contribution in [0.3, 0.4) is 0 Å². The van der Waals surface area contributed by atoms with Gasteiger partial charge in [-0.15, -0.1) is 0 Å². The molecule has 0 aromatic rings. The lowest BCUT2D eigenvalue weighted by atomic mass is 9.90. The Morgan fingerprint density at radius 3 is 2.57 bits per heavy atom. The third kappa shape index (κ3) is 3.66. The summed E-state index contributed by atoms with van der Waals surface area (Å²) < 4.78 is 5.39. The number of rotatable bonds is 5. The molecule has 1 fully saturated rings. The highest BCUT2D eigenvalue weighted by molar-refractivity contribution is 5.72. The Morgan fingerprint density at radius 2 is 2.07 bits per heavy atom. The van der Waals surface area contributed by atoms with E-state index >= 15 is 0 Å². The largest absolute Gasteiger partial charge is 0.479 e. The van der Waals surface area contributed by atoms with E-state index in [4.69, 9.17) is 9.84 Å². The number of aliphatic carboxylic acids is 1. The Morgan fingerprint density at radius 1 is 1.43 bits per heavy atom. The molecule has 1 aliphatic rings. The van der Waals surface area contributed by atoms with Crippen LogP contribution in [0.25, 0.3) is 0 Å². The van der Waals surface area contributed by atoms with Gasteiger partial charge in [-0.1, -0.05) is 26.2 Å². The van der Waals surface area contributed by atoms with Crippen molar-refractivity contribution in [2.75, 3.05) is 6.61 Å². The van der Waals surface area contributed by atoms with Crippen molar-refractivity contribution in [2.45, 2.75) is 51.6 Å². The number of carbonyl (C=O) groups is 1. The molecule has 1 N–H and O–H groups in total. The minimum Gasteiger partial charge on any atom is -0.479 e. The van der Waals surface area contributed by atoms with Gasteiger partial charge in [0.15, 0.2) is 6.10 Å². The zero-order chi connectivity index (χ0) is 10.4. The van der Waals surface area contributed by atoms with E-state index in [1.807, 2.05) is 6.92 Å². The molecule has 1 aliphatic carbocycles. The van der Waals surface area contributed by atoms with E-state index in [2.05, 4.69) is 0 Å². The second kappa shape index (κ2) is 6.02. The van der Waals surface area contributed by atoms with E-state index < -0.39 is 12.1 Å². The molecule has 0 aromatic heterocycles. The molecular formula is C11H20O3. The molecule has 1 saturated carbocycles. The number of hydrogen-bond donors (Lipinski definition) is 1. The Kier molecular flexibility index (Phi) is 4.94. The predicted molar refractivity (Wildman–Crippen MR) is 54.2 cm³/mol. The fourth-order valence-corrected chi connectivity index (χ4v) is 1.97. The van der Waals surface area contributed by atoms with Gasteiger partial charge in [0.05, 0.1) is 6.61 Å². The van der Waals surface area contributed by atoms with Crippen LogP contribution < -0.4 is 0 Å². The standard InChI is InChI=1S/C11H20O3/c1-2-10(11(12)13)14-8-9-6-4-3-5-7-9/h9-10H,2-8H2,1H3,(H,12,13). The minimum atomic E-state index is -0.830. The van der Waals surface area contributed by atoms with Crippen LogP contribution in [0, 0.1) is 5.92 Å². The zero-order valence-corrected chi connectivity index (χ0v) is 8.87. The SMILES string of the molecule is CCC(OCC1CCCCC1)C(=O)O. The molecule has 0 aromatic carbocycles. The number of carboxylic acids is 1. The lowest BCUT2D eigenvalue weighted by Crippen LogP contribution is -2.26. The first-order chi connectivity index (χ1) is 6.74. The zero-order valence-electron chi connectivity index (χ0n) is 8.87. The maximum absolute atomic E-state index is 10.7. The summed E-state index contributed by atoms with van der Waals surface area (Å²) in [6.07, 6.45) is 6.24. The van der Waals surface area contributed by atoms with E-state index in [0.29, 0.717) is 18.9 Å². The monoisotopic (exact) mass is 200 g/mol. The van der Waals surface area contributed by atoms with E-state index in [1.54, 1.807) is 0 Å². The fourth-order valence-electron chi connectivity index (χ4n) is 1.97. The topological polar surface area (TPSA) is 46.5 Å². The third-order valence-corrected chi connectivity index (χ3v) is 2.90. The Balaban J connectivity index is 2.20. The second-order valence-corrected chi connectivity index (χ2v) is 4.07. The van der Waals surface area contributed by atoms with Crippen LogP contribution in [0.2, 0.25) is 0 Å². The summed E-state index contributed by atoms with van der Waals surface area (Å²) in [5.41, 5.74) is 0.